The van der Waals surface area contributed by atoms with Crippen LogP contribution in [0.15, 0.2) is 123 Å². The number of hydrazone groups is 1. The van der Waals surface area contributed by atoms with Crippen molar-refractivity contribution in [3.63, 3.8) is 0 Å². The standard InChI is InChI=1S/C32H36N9O2PS2/c1-6-22-39(44(25-16-10-7-11-17-25,26-18-12-8-13-19-26)27-20-14-9-15-21-27)30(37-40-28(42)23(2)33-35-31(40)45-4)38-41-29(43)24(3)34-36-32(41)46-5/h7-21H,6,22H2,1-5H3,(H2-,33,34,37,38,42,43)/p+1. The molecule has 0 bridgehead atoms. The van der Waals surface area contributed by atoms with Crippen molar-refractivity contribution in [1.29, 1.82) is 0 Å². The number of benzene rings is 3. The van der Waals surface area contributed by atoms with Gasteiger partial charge in [0.15, 0.2) is 0 Å². The first-order valence-electron chi connectivity index (χ1n) is 14.6. The van der Waals surface area contributed by atoms with Crippen LogP contribution in [0.3, 0.4) is 0 Å². The Hall–Kier alpha value is -4.32. The minimum atomic E-state index is -2.76. The fourth-order valence-electron chi connectivity index (χ4n) is 5.12. The van der Waals surface area contributed by atoms with Crippen molar-refractivity contribution >= 4 is 57.6 Å². The summed E-state index contributed by atoms with van der Waals surface area (Å²) in [5.41, 5.74) is 6.55. The van der Waals surface area contributed by atoms with E-state index in [0.717, 1.165) is 22.3 Å². The molecule has 238 valence electrons. The molecule has 5 rings (SSSR count). The van der Waals surface area contributed by atoms with Gasteiger partial charge in [-0.05, 0) is 32.8 Å². The molecule has 3 N–H and O–H groups in total. The molecule has 0 fully saturated rings. The van der Waals surface area contributed by atoms with E-state index in [1.54, 1.807) is 13.8 Å². The average molecular weight is 675 g/mol. The highest BCUT2D eigenvalue weighted by Gasteiger charge is 2.38. The van der Waals surface area contributed by atoms with Crippen LogP contribution in [0.25, 0.3) is 0 Å². The van der Waals surface area contributed by atoms with Crippen LogP contribution in [0.5, 0.6) is 0 Å². The number of guanidine groups is 1. The van der Waals surface area contributed by atoms with Crippen LogP contribution in [0.1, 0.15) is 26.0 Å². The van der Waals surface area contributed by atoms with Gasteiger partial charge in [-0.3, -0.25) is 10.2 Å². The maximum atomic E-state index is 13.6. The second kappa shape index (κ2) is 14.8. The van der Waals surface area contributed by atoms with Crippen LogP contribution >= 0.6 is 30.6 Å². The normalized spacial score (nSPS) is 13.7. The summed E-state index contributed by atoms with van der Waals surface area (Å²) in [6, 6.07) is 31.2. The molecule has 3 aromatic carbocycles. The largest absolute Gasteiger partial charge is 0.491 e. The number of hydrazine groups is 1. The molecule has 0 atom stereocenters. The molecular formula is C32H37N9O2PS2+. The molecule has 46 heavy (non-hydrogen) atoms. The number of aromatic nitrogens is 3. The third kappa shape index (κ3) is 6.35. The Kier molecular flexibility index (Phi) is 10.7. The van der Waals surface area contributed by atoms with Crippen molar-refractivity contribution in [2.45, 2.75) is 32.3 Å². The van der Waals surface area contributed by atoms with Crippen LogP contribution in [0.2, 0.25) is 0 Å². The summed E-state index contributed by atoms with van der Waals surface area (Å²) in [5, 5.41) is 34.7. The monoisotopic (exact) mass is 674 g/mol. The minimum absolute atomic E-state index is 0.0759. The number of hydrogen-bond acceptors (Lipinski definition) is 10. The fourth-order valence-corrected chi connectivity index (χ4v) is 10.4. The first-order chi connectivity index (χ1) is 22.4. The molecule has 4 aromatic rings. The number of rotatable bonds is 8. The molecule has 0 saturated heterocycles. The molecule has 11 nitrogen and oxygen atoms in total. The Morgan fingerprint density at radius 3 is 1.93 bits per heavy atom. The lowest BCUT2D eigenvalue weighted by Crippen LogP contribution is -2.52. The summed E-state index contributed by atoms with van der Waals surface area (Å²) >= 11 is 2.61. The zero-order chi connectivity index (χ0) is 32.7. The topological polar surface area (TPSA) is 123 Å². The number of nitrogens with one attached hydrogen (secondary N) is 2. The molecule has 2 heterocycles. The first kappa shape index (κ1) is 33.1. The predicted octanol–water partition coefficient (Wildman–Crippen LogP) is 4.18. The van der Waals surface area contributed by atoms with E-state index in [2.05, 4.69) is 73.8 Å². The SMILES string of the molecule is CCC[N+](C(=Nn1c(SC)nnc(C)c1=O)NN1C(SC)=NNC(C)=C1O)=P(c1ccccc1)(c1ccccc1)c1ccccc1. The Bertz CT molecular complexity index is 1790. The summed E-state index contributed by atoms with van der Waals surface area (Å²) in [7, 11) is -2.76. The van der Waals surface area contributed by atoms with Gasteiger partial charge in [0, 0.05) is 21.0 Å². The van der Waals surface area contributed by atoms with Crippen molar-refractivity contribution in [2.24, 2.45) is 10.2 Å². The van der Waals surface area contributed by atoms with Crippen LogP contribution in [-0.4, -0.2) is 59.5 Å². The van der Waals surface area contributed by atoms with E-state index in [1.165, 1.54) is 33.2 Å². The number of nitrogens with zero attached hydrogens (tertiary/aromatic N) is 7. The Balaban J connectivity index is 2.01. The minimum Gasteiger partial charge on any atom is -0.491 e. The van der Waals surface area contributed by atoms with Crippen molar-refractivity contribution in [3.8, 4) is 0 Å². The summed E-state index contributed by atoms with van der Waals surface area (Å²) in [4.78, 5) is 13.6. The molecule has 1 aliphatic heterocycles. The van der Waals surface area contributed by atoms with Crippen molar-refractivity contribution in [3.05, 3.63) is 119 Å². The van der Waals surface area contributed by atoms with E-state index in [9.17, 15) is 9.90 Å². The molecule has 1 aromatic heterocycles. The average Bonchev–Trinajstić information content (AvgIpc) is 3.10. The molecule has 1 aliphatic rings. The lowest BCUT2D eigenvalue weighted by molar-refractivity contribution is -0.392. The number of thioether (sulfide) groups is 2. The highest BCUT2D eigenvalue weighted by molar-refractivity contribution is 8.13. The predicted molar refractivity (Wildman–Crippen MR) is 191 cm³/mol. The number of aliphatic hydroxyl groups is 1. The fraction of sp³-hybridized carbons (Fsp3) is 0.219. The van der Waals surface area contributed by atoms with Gasteiger partial charge in [0.05, 0.1) is 19.3 Å². The zero-order valence-corrected chi connectivity index (χ0v) is 28.9. The molecule has 0 saturated carbocycles. The second-order valence-electron chi connectivity index (χ2n) is 10.2. The molecule has 0 spiro atoms. The van der Waals surface area contributed by atoms with E-state index < -0.39 is 12.6 Å². The first-order valence-corrected chi connectivity index (χ1v) is 18.8. The van der Waals surface area contributed by atoms with Gasteiger partial charge in [-0.1, -0.05) is 121 Å². The lowest BCUT2D eigenvalue weighted by atomic mass is 10.4. The van der Waals surface area contributed by atoms with E-state index >= 15 is 0 Å². The van der Waals surface area contributed by atoms with Gasteiger partial charge in [-0.15, -0.1) is 25.0 Å². The summed E-state index contributed by atoms with van der Waals surface area (Å²) in [5.74, 6) is 0.243. The van der Waals surface area contributed by atoms with Crippen LogP contribution in [0.4, 0.5) is 0 Å². The maximum absolute atomic E-state index is 13.6. The van der Waals surface area contributed by atoms with E-state index in [4.69, 9.17) is 5.10 Å². The van der Waals surface area contributed by atoms with Gasteiger partial charge < -0.3 is 5.11 Å². The molecule has 0 radical (unpaired) electrons. The van der Waals surface area contributed by atoms with Gasteiger partial charge >= 0.3 is 11.5 Å². The smallest absolute Gasteiger partial charge is 0.434 e. The van der Waals surface area contributed by atoms with Crippen molar-refractivity contribution < 1.29 is 9.43 Å². The number of allylic oxidation sites excluding steroid dienone is 1. The van der Waals surface area contributed by atoms with E-state index in [0.29, 0.717) is 28.5 Å². The number of aryl methyl sites for hydroxylation is 1. The number of amidine groups is 1. The second-order valence-corrected chi connectivity index (χ2v) is 15.0. The third-order valence-electron chi connectivity index (χ3n) is 7.23. The van der Waals surface area contributed by atoms with E-state index in [1.807, 2.05) is 67.1 Å². The van der Waals surface area contributed by atoms with Gasteiger partial charge in [-0.2, -0.15) is 5.43 Å². The van der Waals surface area contributed by atoms with Crippen molar-refractivity contribution in [1.82, 2.24) is 30.7 Å². The highest BCUT2D eigenvalue weighted by atomic mass is 32.2. The molecule has 14 heteroatoms. The van der Waals surface area contributed by atoms with E-state index in [-0.39, 0.29) is 11.6 Å². The van der Waals surface area contributed by atoms with Gasteiger partial charge in [0.25, 0.3) is 0 Å². The molecular weight excluding hydrogens is 638 g/mol. The van der Waals surface area contributed by atoms with Gasteiger partial charge in [0.2, 0.25) is 16.2 Å². The Morgan fingerprint density at radius 2 is 1.46 bits per heavy atom. The maximum Gasteiger partial charge on any atom is 0.434 e. The quantitative estimate of drug-likeness (QED) is 0.109. The zero-order valence-electron chi connectivity index (χ0n) is 26.3. The lowest BCUT2D eigenvalue weighted by Gasteiger charge is -2.32. The summed E-state index contributed by atoms with van der Waals surface area (Å²) in [6.07, 6.45) is 4.44. The van der Waals surface area contributed by atoms with Gasteiger partial charge in [-0.25, -0.2) is 4.33 Å². The summed E-state index contributed by atoms with van der Waals surface area (Å²) < 4.78 is 3.53. The Morgan fingerprint density at radius 1 is 0.913 bits per heavy atom. The Labute approximate surface area is 277 Å². The molecule has 0 unspecified atom stereocenters. The van der Waals surface area contributed by atoms with Crippen LogP contribution < -0.4 is 32.3 Å². The summed E-state index contributed by atoms with van der Waals surface area (Å²) in [6.45, 7) is 6.00. The van der Waals surface area contributed by atoms with Crippen LogP contribution in [-0.2, 0) is 0 Å². The highest BCUT2D eigenvalue weighted by Crippen LogP contribution is 2.46. The number of aliphatic hydroxyl groups excluding tert-OH is 1. The van der Waals surface area contributed by atoms with Gasteiger partial charge in [0.1, 0.15) is 5.69 Å². The van der Waals surface area contributed by atoms with Crippen LogP contribution in [0, 0.1) is 6.92 Å². The molecule has 0 aliphatic carbocycles. The van der Waals surface area contributed by atoms with Crippen molar-refractivity contribution in [2.75, 3.05) is 19.1 Å². The third-order valence-corrected chi connectivity index (χ3v) is 12.7. The number of hydrogen-bond donors (Lipinski definition) is 3. The molecule has 0 amide bonds.